The minimum atomic E-state index is -0.352. The van der Waals surface area contributed by atoms with Crippen LogP contribution in [0.15, 0.2) is 46.8 Å². The molecule has 1 aromatic carbocycles. The third-order valence-corrected chi connectivity index (χ3v) is 3.71. The molecular formula is C15H18FIN4OS. The maximum absolute atomic E-state index is 12.7. The highest BCUT2D eigenvalue weighted by Crippen LogP contribution is 2.08. The van der Waals surface area contributed by atoms with E-state index in [-0.39, 0.29) is 48.2 Å². The first kappa shape index (κ1) is 19.4. The van der Waals surface area contributed by atoms with E-state index < -0.39 is 0 Å². The van der Waals surface area contributed by atoms with E-state index in [0.717, 1.165) is 6.42 Å². The average Bonchev–Trinajstić information content (AvgIpc) is 3.01. The summed E-state index contributed by atoms with van der Waals surface area (Å²) in [5.41, 5.74) is 6.21. The molecule has 1 amide bonds. The highest BCUT2D eigenvalue weighted by atomic mass is 127. The Kier molecular flexibility index (Phi) is 8.56. The number of halogens is 2. The van der Waals surface area contributed by atoms with Gasteiger partial charge in [0.05, 0.1) is 0 Å². The van der Waals surface area contributed by atoms with Gasteiger partial charge in [0, 0.05) is 17.1 Å². The molecule has 0 radical (unpaired) electrons. The number of rotatable bonds is 6. The van der Waals surface area contributed by atoms with E-state index in [9.17, 15) is 9.18 Å². The number of carbonyl (C=O) groups is 1. The first-order chi connectivity index (χ1) is 10.6. The number of hydrogen-bond acceptors (Lipinski definition) is 3. The highest BCUT2D eigenvalue weighted by Gasteiger charge is 2.02. The molecule has 0 aliphatic carbocycles. The van der Waals surface area contributed by atoms with Crippen LogP contribution in [0.25, 0.3) is 0 Å². The zero-order valence-electron chi connectivity index (χ0n) is 12.3. The van der Waals surface area contributed by atoms with E-state index in [1.54, 1.807) is 11.3 Å². The SMILES string of the molecule is I.NC(=NCC(=O)Nc1ccc(F)cc1)NCCc1cccs1. The summed E-state index contributed by atoms with van der Waals surface area (Å²) >= 11 is 1.68. The molecule has 5 nitrogen and oxygen atoms in total. The number of benzene rings is 1. The summed E-state index contributed by atoms with van der Waals surface area (Å²) in [6.45, 7) is 0.574. The van der Waals surface area contributed by atoms with Crippen LogP contribution in [-0.4, -0.2) is 25.0 Å². The second-order valence-electron chi connectivity index (χ2n) is 4.51. The highest BCUT2D eigenvalue weighted by molar-refractivity contribution is 14.0. The van der Waals surface area contributed by atoms with E-state index in [2.05, 4.69) is 21.7 Å². The lowest BCUT2D eigenvalue weighted by Crippen LogP contribution is -2.34. The maximum Gasteiger partial charge on any atom is 0.246 e. The quantitative estimate of drug-likeness (QED) is 0.361. The van der Waals surface area contributed by atoms with Crippen LogP contribution in [0.2, 0.25) is 0 Å². The molecule has 4 N–H and O–H groups in total. The van der Waals surface area contributed by atoms with Crippen LogP contribution in [0, 0.1) is 5.82 Å². The number of nitrogens with two attached hydrogens (primary N) is 1. The number of nitrogens with zero attached hydrogens (tertiary/aromatic N) is 1. The molecule has 0 saturated heterocycles. The van der Waals surface area contributed by atoms with E-state index in [1.165, 1.54) is 29.1 Å². The van der Waals surface area contributed by atoms with Crippen molar-refractivity contribution in [2.24, 2.45) is 10.7 Å². The Balaban J connectivity index is 0.00000264. The molecule has 0 saturated carbocycles. The van der Waals surface area contributed by atoms with Gasteiger partial charge in [0.2, 0.25) is 5.91 Å². The fourth-order valence-electron chi connectivity index (χ4n) is 1.72. The molecule has 0 atom stereocenters. The first-order valence-corrected chi connectivity index (χ1v) is 7.63. The Morgan fingerprint density at radius 3 is 2.65 bits per heavy atom. The molecule has 8 heteroatoms. The molecule has 0 fully saturated rings. The summed E-state index contributed by atoms with van der Waals surface area (Å²) in [4.78, 5) is 16.9. The monoisotopic (exact) mass is 448 g/mol. The number of guanidine groups is 1. The van der Waals surface area contributed by atoms with Crippen LogP contribution >= 0.6 is 35.3 Å². The number of carbonyl (C=O) groups excluding carboxylic acids is 1. The van der Waals surface area contributed by atoms with Crippen molar-refractivity contribution in [2.45, 2.75) is 6.42 Å². The topological polar surface area (TPSA) is 79.5 Å². The molecule has 0 unspecified atom stereocenters. The summed E-state index contributed by atoms with van der Waals surface area (Å²) < 4.78 is 12.7. The maximum atomic E-state index is 12.7. The van der Waals surface area contributed by atoms with Crippen LogP contribution in [0.4, 0.5) is 10.1 Å². The number of nitrogens with one attached hydrogen (secondary N) is 2. The molecule has 2 rings (SSSR count). The van der Waals surface area contributed by atoms with Crippen molar-refractivity contribution < 1.29 is 9.18 Å². The Labute approximate surface area is 155 Å². The Bertz CT molecular complexity index is 631. The molecule has 0 aliphatic heterocycles. The minimum Gasteiger partial charge on any atom is -0.370 e. The van der Waals surface area contributed by atoms with Crippen LogP contribution in [0.5, 0.6) is 0 Å². The number of amides is 1. The summed E-state index contributed by atoms with van der Waals surface area (Å²) in [5.74, 6) is -0.435. The molecule has 23 heavy (non-hydrogen) atoms. The van der Waals surface area contributed by atoms with Gasteiger partial charge in [-0.3, -0.25) is 4.79 Å². The molecule has 0 spiro atoms. The Hall–Kier alpha value is -1.68. The Morgan fingerprint density at radius 1 is 1.26 bits per heavy atom. The van der Waals surface area contributed by atoms with Gasteiger partial charge in [0.15, 0.2) is 5.96 Å². The van der Waals surface area contributed by atoms with Crippen molar-refractivity contribution >= 4 is 52.9 Å². The third-order valence-electron chi connectivity index (χ3n) is 2.78. The van der Waals surface area contributed by atoms with E-state index in [0.29, 0.717) is 12.2 Å². The van der Waals surface area contributed by atoms with Gasteiger partial charge in [-0.1, -0.05) is 6.07 Å². The van der Waals surface area contributed by atoms with Crippen molar-refractivity contribution in [3.8, 4) is 0 Å². The van der Waals surface area contributed by atoms with Crippen LogP contribution in [0.1, 0.15) is 4.88 Å². The van der Waals surface area contributed by atoms with Gasteiger partial charge in [0.25, 0.3) is 0 Å². The van der Waals surface area contributed by atoms with Crippen LogP contribution in [-0.2, 0) is 11.2 Å². The van der Waals surface area contributed by atoms with E-state index in [4.69, 9.17) is 5.73 Å². The summed E-state index contributed by atoms with van der Waals surface area (Å²) in [5, 5.41) is 7.58. The lowest BCUT2D eigenvalue weighted by molar-refractivity contribution is -0.114. The summed E-state index contributed by atoms with van der Waals surface area (Å²) in [7, 11) is 0. The largest absolute Gasteiger partial charge is 0.370 e. The minimum absolute atomic E-state index is 0. The zero-order valence-corrected chi connectivity index (χ0v) is 15.4. The smallest absolute Gasteiger partial charge is 0.246 e. The summed E-state index contributed by atoms with van der Waals surface area (Å²) in [6.07, 6.45) is 0.857. The van der Waals surface area contributed by atoms with Gasteiger partial charge in [-0.2, -0.15) is 0 Å². The fraction of sp³-hybridized carbons (Fsp3) is 0.200. The number of thiophene rings is 1. The van der Waals surface area contributed by atoms with Crippen molar-refractivity contribution in [1.82, 2.24) is 5.32 Å². The third kappa shape index (κ3) is 7.42. The van der Waals surface area contributed by atoms with Gasteiger partial charge in [-0.25, -0.2) is 9.38 Å². The molecular weight excluding hydrogens is 430 g/mol. The average molecular weight is 448 g/mol. The summed E-state index contributed by atoms with van der Waals surface area (Å²) in [6, 6.07) is 9.57. The Morgan fingerprint density at radius 2 is 2.00 bits per heavy atom. The molecule has 2 aromatic rings. The lowest BCUT2D eigenvalue weighted by Gasteiger charge is -2.05. The second-order valence-corrected chi connectivity index (χ2v) is 5.54. The van der Waals surface area contributed by atoms with Crippen molar-refractivity contribution in [1.29, 1.82) is 0 Å². The fourth-order valence-corrected chi connectivity index (χ4v) is 2.42. The zero-order chi connectivity index (χ0) is 15.8. The van der Waals surface area contributed by atoms with Crippen LogP contribution in [0.3, 0.4) is 0 Å². The van der Waals surface area contributed by atoms with Crippen molar-refractivity contribution in [3.63, 3.8) is 0 Å². The predicted molar refractivity (Wildman–Crippen MR) is 103 cm³/mol. The molecule has 0 aliphatic rings. The molecule has 0 bridgehead atoms. The lowest BCUT2D eigenvalue weighted by atomic mass is 10.3. The van der Waals surface area contributed by atoms with Gasteiger partial charge in [-0.15, -0.1) is 35.3 Å². The van der Waals surface area contributed by atoms with Crippen LogP contribution < -0.4 is 16.4 Å². The first-order valence-electron chi connectivity index (χ1n) is 6.75. The predicted octanol–water partition coefficient (Wildman–Crippen LogP) is 2.59. The second kappa shape index (κ2) is 10.2. The number of anilines is 1. The normalized spacial score (nSPS) is 10.7. The van der Waals surface area contributed by atoms with Gasteiger partial charge < -0.3 is 16.4 Å². The van der Waals surface area contributed by atoms with E-state index >= 15 is 0 Å². The van der Waals surface area contributed by atoms with E-state index in [1.807, 2.05) is 11.4 Å². The van der Waals surface area contributed by atoms with Gasteiger partial charge in [0.1, 0.15) is 12.4 Å². The standard InChI is InChI=1S/C15H17FN4OS.HI/c16-11-3-5-12(6-4-11)20-14(21)10-19-15(17)18-8-7-13-2-1-9-22-13;/h1-6,9H,7-8,10H2,(H,20,21)(H3,17,18,19);1H. The molecule has 1 heterocycles. The molecule has 124 valence electrons. The molecule has 1 aromatic heterocycles. The van der Waals surface area contributed by atoms with Crippen molar-refractivity contribution in [3.05, 3.63) is 52.5 Å². The number of aliphatic imine (C=N–C) groups is 1. The number of hydrogen-bond donors (Lipinski definition) is 3. The van der Waals surface area contributed by atoms with Gasteiger partial charge in [-0.05, 0) is 42.1 Å². The van der Waals surface area contributed by atoms with Gasteiger partial charge >= 0.3 is 0 Å². The van der Waals surface area contributed by atoms with Crippen molar-refractivity contribution in [2.75, 3.05) is 18.4 Å².